The summed E-state index contributed by atoms with van der Waals surface area (Å²) >= 11 is 0. The maximum atomic E-state index is 2.43. The van der Waals surface area contributed by atoms with E-state index in [1.54, 1.807) is 25.7 Å². The molecule has 4 unspecified atom stereocenters. The normalized spacial score (nSPS) is 58.6. The monoisotopic (exact) mass is 150 g/mol. The van der Waals surface area contributed by atoms with Crippen molar-refractivity contribution in [1.82, 2.24) is 0 Å². The highest BCUT2D eigenvalue weighted by Gasteiger charge is 2.70. The lowest BCUT2D eigenvalue weighted by Gasteiger charge is -2.64. The minimum Gasteiger partial charge on any atom is -0.0625 e. The lowest BCUT2D eigenvalue weighted by Crippen LogP contribution is -2.58. The van der Waals surface area contributed by atoms with Crippen molar-refractivity contribution in [2.45, 2.75) is 39.5 Å². The Kier molecular flexibility index (Phi) is 0.990. The van der Waals surface area contributed by atoms with E-state index in [9.17, 15) is 0 Å². The summed E-state index contributed by atoms with van der Waals surface area (Å²) in [5.41, 5.74) is 0.916. The van der Waals surface area contributed by atoms with Gasteiger partial charge < -0.3 is 0 Å². The third-order valence-electron chi connectivity index (χ3n) is 4.96. The Morgan fingerprint density at radius 3 is 2.18 bits per heavy atom. The Balaban J connectivity index is 1.91. The summed E-state index contributed by atoms with van der Waals surface area (Å²) in [7, 11) is 0. The molecule has 4 atom stereocenters. The van der Waals surface area contributed by atoms with E-state index in [-0.39, 0.29) is 0 Å². The second-order valence-corrected chi connectivity index (χ2v) is 5.35. The predicted molar refractivity (Wildman–Crippen MR) is 46.2 cm³/mol. The fourth-order valence-electron chi connectivity index (χ4n) is 4.75. The maximum absolute atomic E-state index is 2.43. The van der Waals surface area contributed by atoms with E-state index in [4.69, 9.17) is 0 Å². The molecule has 4 fully saturated rings. The lowest BCUT2D eigenvalue weighted by atomic mass is 9.40. The molecule has 4 aliphatic carbocycles. The molecule has 0 aromatic carbocycles. The summed E-state index contributed by atoms with van der Waals surface area (Å²) in [5, 5.41) is 0. The standard InChI is InChI=1S/C11H18/c1-7(2)10-8-3-5-11(10)6-4-9(8)11/h7-10H,3-6H2,1-2H3. The molecule has 0 N–H and O–H groups in total. The van der Waals surface area contributed by atoms with Crippen molar-refractivity contribution in [3.05, 3.63) is 0 Å². The first kappa shape index (κ1) is 6.51. The van der Waals surface area contributed by atoms with Crippen LogP contribution in [0, 0.1) is 29.1 Å². The van der Waals surface area contributed by atoms with Crippen LogP contribution in [0.3, 0.4) is 0 Å². The van der Waals surface area contributed by atoms with Crippen LogP contribution >= 0.6 is 0 Å². The molecule has 0 radical (unpaired) electrons. The Morgan fingerprint density at radius 1 is 1.18 bits per heavy atom. The van der Waals surface area contributed by atoms with Crippen molar-refractivity contribution in [1.29, 1.82) is 0 Å². The fraction of sp³-hybridized carbons (Fsp3) is 1.00. The Bertz CT molecular complexity index is 194. The van der Waals surface area contributed by atoms with Gasteiger partial charge in [0.2, 0.25) is 0 Å². The van der Waals surface area contributed by atoms with Gasteiger partial charge in [-0.3, -0.25) is 0 Å². The Morgan fingerprint density at radius 2 is 1.91 bits per heavy atom. The number of rotatable bonds is 1. The van der Waals surface area contributed by atoms with E-state index in [1.807, 2.05) is 0 Å². The minimum atomic E-state index is 0.916. The summed E-state index contributed by atoms with van der Waals surface area (Å²) in [4.78, 5) is 0. The van der Waals surface area contributed by atoms with Gasteiger partial charge in [-0.1, -0.05) is 13.8 Å². The smallest absolute Gasteiger partial charge is 0.0233 e. The average Bonchev–Trinajstić information content (AvgIpc) is 2.37. The molecule has 0 heterocycles. The Labute approximate surface area is 69.4 Å². The van der Waals surface area contributed by atoms with E-state index in [2.05, 4.69) is 13.8 Å². The topological polar surface area (TPSA) is 0 Å². The molecule has 0 aliphatic heterocycles. The molecule has 1 spiro atoms. The highest BCUT2D eigenvalue weighted by molar-refractivity contribution is 5.19. The summed E-state index contributed by atoms with van der Waals surface area (Å²) in [6.07, 6.45) is 6.32. The van der Waals surface area contributed by atoms with Crippen LogP contribution in [0.1, 0.15) is 39.5 Å². The molecular weight excluding hydrogens is 132 g/mol. The lowest BCUT2D eigenvalue weighted by molar-refractivity contribution is -0.163. The summed E-state index contributed by atoms with van der Waals surface area (Å²) in [6.45, 7) is 4.86. The molecule has 4 saturated carbocycles. The van der Waals surface area contributed by atoms with Gasteiger partial charge in [0, 0.05) is 0 Å². The highest BCUT2D eigenvalue weighted by atomic mass is 14.7. The van der Waals surface area contributed by atoms with E-state index in [1.165, 1.54) is 11.8 Å². The van der Waals surface area contributed by atoms with Gasteiger partial charge in [0.1, 0.15) is 0 Å². The van der Waals surface area contributed by atoms with E-state index in [0.717, 1.165) is 17.3 Å². The van der Waals surface area contributed by atoms with Gasteiger partial charge in [-0.25, -0.2) is 0 Å². The van der Waals surface area contributed by atoms with E-state index < -0.39 is 0 Å². The second kappa shape index (κ2) is 1.67. The van der Waals surface area contributed by atoms with Crippen molar-refractivity contribution in [3.8, 4) is 0 Å². The van der Waals surface area contributed by atoms with Crippen LogP contribution in [-0.4, -0.2) is 0 Å². The van der Waals surface area contributed by atoms with Gasteiger partial charge in [-0.2, -0.15) is 0 Å². The van der Waals surface area contributed by atoms with Crippen molar-refractivity contribution in [2.24, 2.45) is 29.1 Å². The van der Waals surface area contributed by atoms with Crippen molar-refractivity contribution in [2.75, 3.05) is 0 Å². The van der Waals surface area contributed by atoms with E-state index >= 15 is 0 Å². The van der Waals surface area contributed by atoms with Crippen LogP contribution in [0.25, 0.3) is 0 Å². The van der Waals surface area contributed by atoms with Crippen LogP contribution in [0.5, 0.6) is 0 Å². The van der Waals surface area contributed by atoms with Gasteiger partial charge in [-0.15, -0.1) is 0 Å². The third-order valence-corrected chi connectivity index (χ3v) is 4.96. The number of fused-ring (bicyclic) bond motifs is 1. The summed E-state index contributed by atoms with van der Waals surface area (Å²) in [6, 6.07) is 0. The second-order valence-electron chi connectivity index (χ2n) is 5.35. The predicted octanol–water partition coefficient (Wildman–Crippen LogP) is 3.08. The Hall–Kier alpha value is 0. The minimum absolute atomic E-state index is 0.916. The first-order chi connectivity index (χ1) is 5.26. The molecule has 0 aromatic heterocycles. The molecule has 11 heavy (non-hydrogen) atoms. The highest BCUT2D eigenvalue weighted by Crippen LogP contribution is 2.78. The maximum Gasteiger partial charge on any atom is -0.0233 e. The van der Waals surface area contributed by atoms with Crippen molar-refractivity contribution < 1.29 is 0 Å². The van der Waals surface area contributed by atoms with Crippen LogP contribution in [0.4, 0.5) is 0 Å². The molecule has 2 bridgehead atoms. The van der Waals surface area contributed by atoms with Crippen LogP contribution in [0.15, 0.2) is 0 Å². The van der Waals surface area contributed by atoms with Gasteiger partial charge in [0.05, 0.1) is 0 Å². The molecule has 0 aromatic rings. The van der Waals surface area contributed by atoms with Gasteiger partial charge >= 0.3 is 0 Å². The molecular formula is C11H18. The first-order valence-corrected chi connectivity index (χ1v) is 5.26. The van der Waals surface area contributed by atoms with Gasteiger partial charge in [0.15, 0.2) is 0 Å². The molecule has 0 amide bonds. The number of hydrogen-bond acceptors (Lipinski definition) is 0. The van der Waals surface area contributed by atoms with Crippen LogP contribution < -0.4 is 0 Å². The average molecular weight is 150 g/mol. The molecule has 0 nitrogen and oxygen atoms in total. The zero-order chi connectivity index (χ0) is 7.64. The summed E-state index contributed by atoms with van der Waals surface area (Å²) < 4.78 is 0. The van der Waals surface area contributed by atoms with Crippen molar-refractivity contribution in [3.63, 3.8) is 0 Å². The largest absolute Gasteiger partial charge is 0.0625 e. The zero-order valence-electron chi connectivity index (χ0n) is 7.64. The van der Waals surface area contributed by atoms with Crippen LogP contribution in [-0.2, 0) is 0 Å². The molecule has 0 saturated heterocycles. The third kappa shape index (κ3) is 0.494. The zero-order valence-corrected chi connectivity index (χ0v) is 7.64. The molecule has 4 rings (SSSR count). The fourth-order valence-corrected chi connectivity index (χ4v) is 4.75. The quantitative estimate of drug-likeness (QED) is 0.539. The van der Waals surface area contributed by atoms with Gasteiger partial charge in [-0.05, 0) is 54.8 Å². The number of hydrogen-bond donors (Lipinski definition) is 0. The molecule has 4 aliphatic rings. The summed E-state index contributed by atoms with van der Waals surface area (Å²) in [5.74, 6) is 4.49. The van der Waals surface area contributed by atoms with Crippen LogP contribution in [0.2, 0.25) is 0 Å². The molecule has 62 valence electrons. The SMILES string of the molecule is CC(C)C1C2CCC13CCC23. The molecule has 0 heteroatoms. The van der Waals surface area contributed by atoms with Crippen molar-refractivity contribution >= 4 is 0 Å². The van der Waals surface area contributed by atoms with Gasteiger partial charge in [0.25, 0.3) is 0 Å². The van der Waals surface area contributed by atoms with E-state index in [0.29, 0.717) is 0 Å². The first-order valence-electron chi connectivity index (χ1n) is 5.26.